The Morgan fingerprint density at radius 2 is 1.53 bits per heavy atom. The first-order valence-corrected chi connectivity index (χ1v) is 24.2. The number of nitrogens with one attached hydrogen (secondary N) is 2. The van der Waals surface area contributed by atoms with Crippen molar-refractivity contribution >= 4 is 89.9 Å². The molecular formula is C51H84N16O8S. The Balaban J connectivity index is -0.00000408. The predicted octanol–water partition coefficient (Wildman–Crippen LogP) is 3.32. The molecular weight excluding hydrogens is 997 g/mol. The standard InChI is InChI=1S/C45H62N12O6S.C2H7N.CH3NO.2CH5N.CH2O/c1-7-53-33(21-30(3)48)28-56(16-9-10-17-57-39(14-13-29(2)47)55-36-23-32(43(51)59)25-38(41(36)57)62-19-12-20-64)40-35(49)22-31(42(50)58)24-37(40)61-18-11-8-15-52-27-34(26-46)54-44(60)63-45(4,5)6;1-2-3;2-1-3;3*1-2/h8-11,13-14,21-27,47,64H,7,12,15-20,28,46,48-49H2,1-6H3,(H2,50,58)(H2,51,59)(H,54,60);2-3H2,1H3;1H,(H2,2,3);2*2H2,1H3;1H2/b10-9+,11-8+,14-13+,30-21-,34-26+,47-29?,52-27?,53-33?;;;;;. The van der Waals surface area contributed by atoms with E-state index in [9.17, 15) is 14.4 Å². The molecule has 24 nitrogen and oxygen atoms in total. The number of nitrogen functional groups attached to an aromatic ring is 1. The first-order chi connectivity index (χ1) is 36.2. The van der Waals surface area contributed by atoms with E-state index >= 15 is 0 Å². The van der Waals surface area contributed by atoms with Crippen molar-refractivity contribution in [1.29, 1.82) is 5.41 Å². The Labute approximate surface area is 452 Å². The second-order valence-electron chi connectivity index (χ2n) is 15.8. The maximum Gasteiger partial charge on any atom is 0.412 e. The van der Waals surface area contributed by atoms with Crippen molar-refractivity contribution in [2.75, 3.05) is 76.4 Å². The van der Waals surface area contributed by atoms with Crippen molar-refractivity contribution in [1.82, 2.24) is 14.9 Å². The molecule has 2 aromatic carbocycles. The summed E-state index contributed by atoms with van der Waals surface area (Å²) in [7, 11) is 3.00. The van der Waals surface area contributed by atoms with Gasteiger partial charge in [0.2, 0.25) is 18.2 Å². The smallest absolute Gasteiger partial charge is 0.412 e. The van der Waals surface area contributed by atoms with E-state index in [1.54, 1.807) is 77.1 Å². The van der Waals surface area contributed by atoms with Gasteiger partial charge in [-0.05, 0) is 123 Å². The van der Waals surface area contributed by atoms with Crippen LogP contribution in [-0.4, -0.2) is 130 Å². The fourth-order valence-corrected chi connectivity index (χ4v) is 6.06. The van der Waals surface area contributed by atoms with E-state index < -0.39 is 23.5 Å². The Kier molecular flexibility index (Phi) is 40.3. The van der Waals surface area contributed by atoms with Crippen LogP contribution in [0.4, 0.5) is 16.2 Å². The molecule has 0 unspecified atom stereocenters. The zero-order valence-electron chi connectivity index (χ0n) is 45.5. The summed E-state index contributed by atoms with van der Waals surface area (Å²) in [5.41, 5.74) is 51.2. The van der Waals surface area contributed by atoms with Crippen molar-refractivity contribution in [3.63, 3.8) is 0 Å². The molecule has 0 atom stereocenters. The minimum absolute atomic E-state index is 0.0659. The number of hydrogen-bond donors (Lipinski definition) is 12. The summed E-state index contributed by atoms with van der Waals surface area (Å²) in [5.74, 6) is 0.549. The molecule has 0 radical (unpaired) electrons. The topological polar surface area (TPSA) is 429 Å². The van der Waals surface area contributed by atoms with Crippen molar-refractivity contribution in [2.24, 2.45) is 55.9 Å². The summed E-state index contributed by atoms with van der Waals surface area (Å²) in [6.07, 6.45) is 15.4. The third kappa shape index (κ3) is 29.6. The molecule has 20 N–H and O–H groups in total. The number of rotatable bonds is 24. The van der Waals surface area contributed by atoms with Crippen molar-refractivity contribution < 1.29 is 38.2 Å². The number of thiol groups is 1. The van der Waals surface area contributed by atoms with Crippen LogP contribution in [0, 0.1) is 5.41 Å². The van der Waals surface area contributed by atoms with Crippen LogP contribution >= 0.6 is 12.6 Å². The van der Waals surface area contributed by atoms with Gasteiger partial charge in [0.1, 0.15) is 47.5 Å². The van der Waals surface area contributed by atoms with E-state index in [0.29, 0.717) is 77.3 Å². The van der Waals surface area contributed by atoms with Crippen molar-refractivity contribution in [3.05, 3.63) is 95.3 Å². The number of amides is 4. The molecule has 0 saturated carbocycles. The first kappa shape index (κ1) is 72.2. The Hall–Kier alpha value is -8.00. The van der Waals surface area contributed by atoms with Crippen LogP contribution in [0.25, 0.3) is 17.1 Å². The van der Waals surface area contributed by atoms with Gasteiger partial charge >= 0.3 is 6.09 Å². The third-order valence-electron chi connectivity index (χ3n) is 8.52. The van der Waals surface area contributed by atoms with E-state index in [-0.39, 0.29) is 60.9 Å². The van der Waals surface area contributed by atoms with E-state index in [2.05, 4.69) is 45.1 Å². The summed E-state index contributed by atoms with van der Waals surface area (Å²) in [6, 6.07) is 6.26. The maximum atomic E-state index is 12.4. The molecule has 0 saturated heterocycles. The lowest BCUT2D eigenvalue weighted by Crippen LogP contribution is -2.32. The number of anilines is 2. The lowest BCUT2D eigenvalue weighted by Gasteiger charge is -2.28. The number of carbonyl (C=O) groups excluding carboxylic acids is 5. The quantitative estimate of drug-likeness (QED) is 0.0153. The molecule has 3 rings (SSSR count). The molecule has 3 aromatic rings. The van der Waals surface area contributed by atoms with Gasteiger partial charge < -0.3 is 85.5 Å². The number of aliphatic imine (C=N–C) groups is 2. The van der Waals surface area contributed by atoms with Gasteiger partial charge in [-0.25, -0.2) is 9.78 Å². The minimum atomic E-state index is -0.689. The summed E-state index contributed by atoms with van der Waals surface area (Å²) >= 11 is 4.30. The molecule has 0 fully saturated rings. The highest BCUT2D eigenvalue weighted by atomic mass is 32.1. The van der Waals surface area contributed by atoms with Crippen LogP contribution in [0.2, 0.25) is 0 Å². The van der Waals surface area contributed by atoms with Gasteiger partial charge in [0.15, 0.2) is 0 Å². The zero-order valence-corrected chi connectivity index (χ0v) is 46.4. The van der Waals surface area contributed by atoms with E-state index in [0.717, 1.165) is 6.54 Å². The zero-order chi connectivity index (χ0) is 58.8. The number of primary amides is 3. The second kappa shape index (κ2) is 42.4. The van der Waals surface area contributed by atoms with Gasteiger partial charge in [-0.15, -0.1) is 0 Å². The van der Waals surface area contributed by atoms with Gasteiger partial charge in [-0.1, -0.05) is 25.2 Å². The summed E-state index contributed by atoms with van der Waals surface area (Å²) in [4.78, 5) is 69.1. The largest absolute Gasteiger partial charge is 0.491 e. The highest BCUT2D eigenvalue weighted by molar-refractivity contribution is 7.80. The lowest BCUT2D eigenvalue weighted by molar-refractivity contribution is -0.107. The summed E-state index contributed by atoms with van der Waals surface area (Å²) in [6.45, 7) is 17.2. The van der Waals surface area contributed by atoms with Gasteiger partial charge in [-0.2, -0.15) is 12.6 Å². The van der Waals surface area contributed by atoms with Crippen molar-refractivity contribution in [2.45, 2.75) is 67.0 Å². The van der Waals surface area contributed by atoms with Crippen molar-refractivity contribution in [3.8, 4) is 11.5 Å². The molecule has 1 heterocycles. The predicted molar refractivity (Wildman–Crippen MR) is 313 cm³/mol. The normalized spacial score (nSPS) is 11.4. The summed E-state index contributed by atoms with van der Waals surface area (Å²) in [5, 5.41) is 10.5. The SMILES string of the molecule is C=O.CCN.CCN=C(/C=C(/C)N)CN(C/C=C/Cn1c(/C=C/C(C)=N)nc2cc(C(N)=O)cc(OCCCS)c21)c1c(N)cc(C(N)=O)cc1OC/C=C/CN=C/C(=C\N)NC(=O)OC(C)(C)C.CN.CN.NC=O. The molecule has 0 aliphatic heterocycles. The number of imidazole rings is 1. The molecule has 0 bridgehead atoms. The molecule has 4 amide bonds. The Morgan fingerprint density at radius 1 is 0.934 bits per heavy atom. The van der Waals surface area contributed by atoms with Crippen LogP contribution in [0.1, 0.15) is 81.4 Å². The van der Waals surface area contributed by atoms with Crippen LogP contribution in [0.3, 0.4) is 0 Å². The van der Waals surface area contributed by atoms with Crippen LogP contribution < -0.4 is 71.3 Å². The highest BCUT2D eigenvalue weighted by Gasteiger charge is 2.21. The summed E-state index contributed by atoms with van der Waals surface area (Å²) < 4.78 is 19.6. The minimum Gasteiger partial charge on any atom is -0.491 e. The number of fused-ring (bicyclic) bond motifs is 1. The van der Waals surface area contributed by atoms with E-state index in [1.807, 2.05) is 42.3 Å². The first-order valence-electron chi connectivity index (χ1n) is 23.6. The number of allylic oxidation sites excluding steroid dienone is 4. The lowest BCUT2D eigenvalue weighted by atomic mass is 10.1. The molecule has 0 aliphatic rings. The Bertz CT molecular complexity index is 2460. The molecule has 0 spiro atoms. The molecule has 25 heteroatoms. The number of alkyl carbamates (subject to hydrolysis) is 1. The number of nitrogens with two attached hydrogens (primary N) is 9. The third-order valence-corrected chi connectivity index (χ3v) is 8.84. The molecule has 0 aliphatic carbocycles. The average Bonchev–Trinajstić information content (AvgIpc) is 3.72. The average molecular weight is 1080 g/mol. The van der Waals surface area contributed by atoms with Gasteiger partial charge in [0.05, 0.1) is 42.3 Å². The number of aromatic nitrogens is 2. The monoisotopic (exact) mass is 1080 g/mol. The highest BCUT2D eigenvalue weighted by Crippen LogP contribution is 2.37. The fraction of sp³-hybridized carbons (Fsp3) is 0.392. The van der Waals surface area contributed by atoms with Crippen LogP contribution in [0.5, 0.6) is 11.5 Å². The van der Waals surface area contributed by atoms with Gasteiger partial charge in [0.25, 0.3) is 0 Å². The molecule has 1 aromatic heterocycles. The number of ether oxygens (including phenoxy) is 3. The van der Waals surface area contributed by atoms with E-state index in [4.69, 9.17) is 68.6 Å². The Morgan fingerprint density at radius 3 is 2.05 bits per heavy atom. The number of carbonyl (C=O) groups is 5. The van der Waals surface area contributed by atoms with Crippen LogP contribution in [-0.2, 0) is 20.9 Å². The number of hydrogen-bond acceptors (Lipinski definition) is 20. The van der Waals surface area contributed by atoms with E-state index in [1.165, 1.54) is 38.6 Å². The number of benzene rings is 2. The molecule has 76 heavy (non-hydrogen) atoms. The number of nitrogens with zero attached hydrogens (tertiary/aromatic N) is 5. The second-order valence-corrected chi connectivity index (χ2v) is 16.2. The molecule has 422 valence electrons. The fourth-order valence-electron chi connectivity index (χ4n) is 5.93. The van der Waals surface area contributed by atoms with Gasteiger partial charge in [-0.3, -0.25) is 29.7 Å². The maximum absolute atomic E-state index is 12.4. The van der Waals surface area contributed by atoms with Gasteiger partial charge in [0, 0.05) is 54.6 Å². The van der Waals surface area contributed by atoms with Crippen LogP contribution in [0.15, 0.2) is 88.3 Å².